The highest BCUT2D eigenvalue weighted by atomic mass is 19.3. The number of hydrogen-bond acceptors (Lipinski definition) is 1. The lowest BCUT2D eigenvalue weighted by Gasteiger charge is -2.34. The summed E-state index contributed by atoms with van der Waals surface area (Å²) in [5.74, 6) is -1.34. The molecule has 0 amide bonds. The van der Waals surface area contributed by atoms with E-state index in [4.69, 9.17) is 0 Å². The predicted molar refractivity (Wildman–Crippen MR) is 52.5 cm³/mol. The van der Waals surface area contributed by atoms with Crippen LogP contribution in [0.3, 0.4) is 0 Å². The van der Waals surface area contributed by atoms with Gasteiger partial charge in [0.25, 0.3) is 0 Å². The van der Waals surface area contributed by atoms with Gasteiger partial charge < -0.3 is 5.32 Å². The molecule has 0 heterocycles. The first-order chi connectivity index (χ1) is 6.55. The Morgan fingerprint density at radius 3 is 2.57 bits per heavy atom. The molecule has 0 saturated heterocycles. The molecule has 1 N–H and O–H groups in total. The van der Waals surface area contributed by atoms with Gasteiger partial charge in [-0.2, -0.15) is 0 Å². The Morgan fingerprint density at radius 1 is 1.36 bits per heavy atom. The van der Waals surface area contributed by atoms with Crippen molar-refractivity contribution in [2.75, 3.05) is 6.54 Å². The van der Waals surface area contributed by atoms with E-state index >= 15 is 0 Å². The Labute approximate surface area is 84.3 Å². The number of alkyl halides is 2. The van der Waals surface area contributed by atoms with Gasteiger partial charge in [-0.3, -0.25) is 0 Å². The lowest BCUT2D eigenvalue weighted by Crippen LogP contribution is -2.42. The smallest absolute Gasteiger partial charge is 0.248 e. The molecule has 3 heteroatoms. The number of rotatable bonds is 3. The molecule has 1 atom stereocenters. The van der Waals surface area contributed by atoms with Crippen molar-refractivity contribution in [2.24, 2.45) is 11.8 Å². The van der Waals surface area contributed by atoms with Crippen molar-refractivity contribution in [2.45, 2.75) is 51.0 Å². The van der Waals surface area contributed by atoms with Gasteiger partial charge in [-0.15, -0.1) is 0 Å². The van der Waals surface area contributed by atoms with Gasteiger partial charge in [0.1, 0.15) is 0 Å². The summed E-state index contributed by atoms with van der Waals surface area (Å²) in [6, 6.07) is 0.610. The summed E-state index contributed by atoms with van der Waals surface area (Å²) in [5.41, 5.74) is 0. The SMILES string of the molecule is CC1CC(NCC2CCC(F)(F)C2)C1. The minimum atomic E-state index is -2.38. The third kappa shape index (κ3) is 2.44. The van der Waals surface area contributed by atoms with Crippen molar-refractivity contribution in [3.05, 3.63) is 0 Å². The maximum absolute atomic E-state index is 12.8. The third-order valence-corrected chi connectivity index (χ3v) is 3.57. The summed E-state index contributed by atoms with van der Waals surface area (Å²) < 4.78 is 25.7. The molecule has 0 spiro atoms. The van der Waals surface area contributed by atoms with E-state index in [1.165, 1.54) is 12.8 Å². The highest BCUT2D eigenvalue weighted by molar-refractivity contribution is 4.86. The summed E-state index contributed by atoms with van der Waals surface area (Å²) in [6.45, 7) is 3.04. The van der Waals surface area contributed by atoms with E-state index in [-0.39, 0.29) is 18.8 Å². The van der Waals surface area contributed by atoms with E-state index < -0.39 is 5.92 Å². The van der Waals surface area contributed by atoms with Gasteiger partial charge in [-0.05, 0) is 37.6 Å². The molecule has 14 heavy (non-hydrogen) atoms. The zero-order chi connectivity index (χ0) is 10.2. The normalized spacial score (nSPS) is 40.9. The van der Waals surface area contributed by atoms with Gasteiger partial charge in [0.15, 0.2) is 0 Å². The van der Waals surface area contributed by atoms with Crippen LogP contribution in [0.1, 0.15) is 39.0 Å². The highest BCUT2D eigenvalue weighted by Gasteiger charge is 2.39. The molecule has 2 fully saturated rings. The molecule has 1 unspecified atom stereocenters. The molecule has 0 aromatic heterocycles. The first-order valence-electron chi connectivity index (χ1n) is 5.66. The Hall–Kier alpha value is -0.180. The molecular formula is C11H19F2N. The molecule has 0 aromatic carbocycles. The zero-order valence-corrected chi connectivity index (χ0v) is 8.73. The van der Waals surface area contributed by atoms with Gasteiger partial charge in [0.2, 0.25) is 5.92 Å². The first kappa shape index (κ1) is 10.3. The van der Waals surface area contributed by atoms with Crippen LogP contribution >= 0.6 is 0 Å². The maximum Gasteiger partial charge on any atom is 0.248 e. The second kappa shape index (κ2) is 3.76. The molecule has 2 aliphatic rings. The van der Waals surface area contributed by atoms with Crippen LogP contribution < -0.4 is 5.32 Å². The molecule has 0 bridgehead atoms. The van der Waals surface area contributed by atoms with Crippen LogP contribution in [0.4, 0.5) is 8.78 Å². The summed E-state index contributed by atoms with van der Waals surface area (Å²) in [4.78, 5) is 0. The van der Waals surface area contributed by atoms with Crippen molar-refractivity contribution in [3.8, 4) is 0 Å². The molecule has 0 radical (unpaired) electrons. The number of halogens is 2. The second-order valence-corrected chi connectivity index (χ2v) is 5.15. The van der Waals surface area contributed by atoms with Gasteiger partial charge in [-0.1, -0.05) is 6.92 Å². The Balaban J connectivity index is 1.63. The van der Waals surface area contributed by atoms with Crippen LogP contribution in [-0.4, -0.2) is 18.5 Å². The minimum Gasteiger partial charge on any atom is -0.314 e. The second-order valence-electron chi connectivity index (χ2n) is 5.15. The van der Waals surface area contributed by atoms with Crippen LogP contribution in [0.5, 0.6) is 0 Å². The molecule has 0 aromatic rings. The minimum absolute atomic E-state index is 0.0976. The molecule has 2 rings (SSSR count). The van der Waals surface area contributed by atoms with Crippen LogP contribution in [-0.2, 0) is 0 Å². The highest BCUT2D eigenvalue weighted by Crippen LogP contribution is 2.38. The Kier molecular flexibility index (Phi) is 2.78. The third-order valence-electron chi connectivity index (χ3n) is 3.57. The summed E-state index contributed by atoms with van der Waals surface area (Å²) in [5, 5.41) is 3.40. The van der Waals surface area contributed by atoms with Crippen LogP contribution in [0.15, 0.2) is 0 Å². The van der Waals surface area contributed by atoms with E-state index in [0.717, 1.165) is 12.5 Å². The standard InChI is InChI=1S/C11H19F2N/c1-8-4-10(5-8)14-7-9-2-3-11(12,13)6-9/h8-10,14H,2-7H2,1H3. The van der Waals surface area contributed by atoms with Crippen LogP contribution in [0.2, 0.25) is 0 Å². The van der Waals surface area contributed by atoms with Gasteiger partial charge in [-0.25, -0.2) is 8.78 Å². The van der Waals surface area contributed by atoms with E-state index in [0.29, 0.717) is 12.5 Å². The van der Waals surface area contributed by atoms with E-state index in [9.17, 15) is 8.78 Å². The lowest BCUT2D eigenvalue weighted by atomic mass is 9.81. The quantitative estimate of drug-likeness (QED) is 0.743. The lowest BCUT2D eigenvalue weighted by molar-refractivity contribution is 0.00479. The fourth-order valence-electron chi connectivity index (χ4n) is 2.62. The summed E-state index contributed by atoms with van der Waals surface area (Å²) in [6.07, 6.45) is 3.34. The fraction of sp³-hybridized carbons (Fsp3) is 1.00. The fourth-order valence-corrected chi connectivity index (χ4v) is 2.62. The average molecular weight is 203 g/mol. The van der Waals surface area contributed by atoms with Crippen molar-refractivity contribution in [3.63, 3.8) is 0 Å². The molecule has 1 nitrogen and oxygen atoms in total. The van der Waals surface area contributed by atoms with Gasteiger partial charge in [0, 0.05) is 18.9 Å². The molecule has 0 aliphatic heterocycles. The molecular weight excluding hydrogens is 184 g/mol. The van der Waals surface area contributed by atoms with E-state index in [2.05, 4.69) is 12.2 Å². The molecule has 2 aliphatic carbocycles. The largest absolute Gasteiger partial charge is 0.314 e. The van der Waals surface area contributed by atoms with Crippen LogP contribution in [0.25, 0.3) is 0 Å². The van der Waals surface area contributed by atoms with Crippen molar-refractivity contribution in [1.82, 2.24) is 5.32 Å². The Morgan fingerprint density at radius 2 is 2.07 bits per heavy atom. The maximum atomic E-state index is 12.8. The zero-order valence-electron chi connectivity index (χ0n) is 8.73. The van der Waals surface area contributed by atoms with Crippen molar-refractivity contribution < 1.29 is 8.78 Å². The van der Waals surface area contributed by atoms with E-state index in [1.807, 2.05) is 0 Å². The number of hydrogen-bond donors (Lipinski definition) is 1. The van der Waals surface area contributed by atoms with Crippen LogP contribution in [0, 0.1) is 11.8 Å². The van der Waals surface area contributed by atoms with Crippen molar-refractivity contribution >= 4 is 0 Å². The van der Waals surface area contributed by atoms with Gasteiger partial charge >= 0.3 is 0 Å². The monoisotopic (exact) mass is 203 g/mol. The van der Waals surface area contributed by atoms with Gasteiger partial charge in [0.05, 0.1) is 0 Å². The van der Waals surface area contributed by atoms with Crippen molar-refractivity contribution in [1.29, 1.82) is 0 Å². The summed E-state index contributed by atoms with van der Waals surface area (Å²) in [7, 11) is 0. The first-order valence-corrected chi connectivity index (χ1v) is 5.66. The number of nitrogens with one attached hydrogen (secondary N) is 1. The predicted octanol–water partition coefficient (Wildman–Crippen LogP) is 2.81. The molecule has 82 valence electrons. The molecule has 2 saturated carbocycles. The summed E-state index contributed by atoms with van der Waals surface area (Å²) >= 11 is 0. The Bertz CT molecular complexity index is 199. The van der Waals surface area contributed by atoms with E-state index in [1.54, 1.807) is 0 Å². The topological polar surface area (TPSA) is 12.0 Å². The average Bonchev–Trinajstić information content (AvgIpc) is 2.37.